The molecular formula is C16H21NO4. The van der Waals surface area contributed by atoms with Crippen LogP contribution in [0.5, 0.6) is 5.75 Å². The third-order valence-corrected chi connectivity index (χ3v) is 4.43. The Morgan fingerprint density at radius 2 is 1.90 bits per heavy atom. The number of hydrogen-bond acceptors (Lipinski definition) is 3. The summed E-state index contributed by atoms with van der Waals surface area (Å²) in [5, 5.41) is 18.8. The molecule has 21 heavy (non-hydrogen) atoms. The lowest BCUT2D eigenvalue weighted by atomic mass is 10.1. The second-order valence-corrected chi connectivity index (χ2v) is 6.17. The second kappa shape index (κ2) is 5.06. The molecule has 5 nitrogen and oxygen atoms in total. The number of aliphatic carboxylic acids is 1. The fourth-order valence-corrected chi connectivity index (χ4v) is 3.06. The monoisotopic (exact) mass is 291 g/mol. The predicted octanol–water partition coefficient (Wildman–Crippen LogP) is 2.41. The van der Waals surface area contributed by atoms with Gasteiger partial charge in [0.15, 0.2) is 0 Å². The quantitative estimate of drug-likeness (QED) is 0.893. The first-order valence-electron chi connectivity index (χ1n) is 7.05. The molecule has 0 aliphatic heterocycles. The number of carbonyl (C=O) groups excluding carboxylic acids is 1. The fourth-order valence-electron chi connectivity index (χ4n) is 3.06. The molecule has 1 aliphatic carbocycles. The van der Waals surface area contributed by atoms with Crippen LogP contribution in [-0.2, 0) is 9.59 Å². The molecule has 2 N–H and O–H groups in total. The number of aromatic hydroxyl groups is 1. The van der Waals surface area contributed by atoms with Gasteiger partial charge < -0.3 is 15.1 Å². The summed E-state index contributed by atoms with van der Waals surface area (Å²) in [6.45, 7) is 7.74. The minimum Gasteiger partial charge on any atom is -0.508 e. The summed E-state index contributed by atoms with van der Waals surface area (Å²) in [6, 6.07) is 4.85. The Balaban J connectivity index is 2.33. The van der Waals surface area contributed by atoms with E-state index in [0.29, 0.717) is 12.2 Å². The summed E-state index contributed by atoms with van der Waals surface area (Å²) in [7, 11) is 0. The maximum absolute atomic E-state index is 12.7. The number of benzene rings is 1. The molecule has 1 amide bonds. The lowest BCUT2D eigenvalue weighted by Crippen LogP contribution is -2.34. The molecule has 1 aromatic rings. The van der Waals surface area contributed by atoms with Gasteiger partial charge in [-0.25, -0.2) is 0 Å². The van der Waals surface area contributed by atoms with Crippen LogP contribution in [0.2, 0.25) is 0 Å². The van der Waals surface area contributed by atoms with Crippen LogP contribution < -0.4 is 4.90 Å². The van der Waals surface area contributed by atoms with Crippen LogP contribution in [0.1, 0.15) is 26.3 Å². The Bertz CT molecular complexity index is 594. The summed E-state index contributed by atoms with van der Waals surface area (Å²) >= 11 is 0. The van der Waals surface area contributed by atoms with Crippen LogP contribution in [0.25, 0.3) is 0 Å². The smallest absolute Gasteiger partial charge is 0.307 e. The molecule has 2 rings (SSSR count). The molecule has 5 heteroatoms. The van der Waals surface area contributed by atoms with Crippen LogP contribution >= 0.6 is 0 Å². The molecule has 0 aromatic heterocycles. The van der Waals surface area contributed by atoms with Crippen LogP contribution in [-0.4, -0.2) is 28.6 Å². The molecule has 0 spiro atoms. The average molecular weight is 291 g/mol. The number of phenolic OH excluding ortho intramolecular Hbond substituents is 1. The zero-order valence-electron chi connectivity index (χ0n) is 12.8. The number of phenols is 1. The molecular weight excluding hydrogens is 270 g/mol. The van der Waals surface area contributed by atoms with E-state index in [0.717, 1.165) is 5.56 Å². The third-order valence-electron chi connectivity index (χ3n) is 4.43. The number of carbonyl (C=O) groups is 2. The van der Waals surface area contributed by atoms with Crippen molar-refractivity contribution < 1.29 is 19.8 Å². The van der Waals surface area contributed by atoms with E-state index in [1.54, 1.807) is 36.9 Å². The number of carboxylic acids is 1. The zero-order chi connectivity index (χ0) is 15.9. The first-order valence-corrected chi connectivity index (χ1v) is 7.05. The van der Waals surface area contributed by atoms with Crippen LogP contribution in [0.4, 0.5) is 5.69 Å². The van der Waals surface area contributed by atoms with Crippen molar-refractivity contribution in [2.24, 2.45) is 17.3 Å². The summed E-state index contributed by atoms with van der Waals surface area (Å²) in [4.78, 5) is 25.5. The number of aryl methyl sites for hydroxylation is 1. The summed E-state index contributed by atoms with van der Waals surface area (Å²) in [5.41, 5.74) is 0.976. The van der Waals surface area contributed by atoms with Gasteiger partial charge in [-0.2, -0.15) is 0 Å². The average Bonchev–Trinajstić information content (AvgIpc) is 2.97. The summed E-state index contributed by atoms with van der Waals surface area (Å²) in [5.74, 6) is -2.19. The van der Waals surface area contributed by atoms with E-state index < -0.39 is 23.2 Å². The molecule has 0 radical (unpaired) electrons. The van der Waals surface area contributed by atoms with E-state index in [1.165, 1.54) is 0 Å². The second-order valence-electron chi connectivity index (χ2n) is 6.17. The molecule has 1 saturated carbocycles. The van der Waals surface area contributed by atoms with Gasteiger partial charge in [0.05, 0.1) is 17.5 Å². The van der Waals surface area contributed by atoms with E-state index in [-0.39, 0.29) is 11.7 Å². The molecule has 1 aliphatic rings. The highest BCUT2D eigenvalue weighted by atomic mass is 16.4. The number of amides is 1. The Morgan fingerprint density at radius 1 is 1.29 bits per heavy atom. The highest BCUT2D eigenvalue weighted by molar-refractivity contribution is 6.02. The van der Waals surface area contributed by atoms with Crippen molar-refractivity contribution in [2.45, 2.75) is 27.7 Å². The van der Waals surface area contributed by atoms with Gasteiger partial charge in [-0.05, 0) is 30.9 Å². The van der Waals surface area contributed by atoms with E-state index in [2.05, 4.69) is 0 Å². The van der Waals surface area contributed by atoms with Gasteiger partial charge in [-0.15, -0.1) is 0 Å². The molecule has 1 fully saturated rings. The van der Waals surface area contributed by atoms with Crippen molar-refractivity contribution >= 4 is 17.6 Å². The first kappa shape index (κ1) is 15.4. The van der Waals surface area contributed by atoms with E-state index >= 15 is 0 Å². The molecule has 0 heterocycles. The number of carboxylic acid groups (broad SMARTS) is 1. The Kier molecular flexibility index (Phi) is 3.70. The highest BCUT2D eigenvalue weighted by Crippen LogP contribution is 2.59. The predicted molar refractivity (Wildman–Crippen MR) is 79.3 cm³/mol. The number of anilines is 1. The minimum absolute atomic E-state index is 0.0895. The van der Waals surface area contributed by atoms with Gasteiger partial charge in [-0.3, -0.25) is 9.59 Å². The largest absolute Gasteiger partial charge is 0.508 e. The fraction of sp³-hybridized carbons (Fsp3) is 0.500. The molecule has 0 bridgehead atoms. The number of rotatable bonds is 4. The molecule has 1 aromatic carbocycles. The maximum atomic E-state index is 12.7. The van der Waals surface area contributed by atoms with Gasteiger partial charge in [0.25, 0.3) is 0 Å². The van der Waals surface area contributed by atoms with Gasteiger partial charge in [0, 0.05) is 12.6 Å². The summed E-state index contributed by atoms with van der Waals surface area (Å²) in [6.07, 6.45) is 0. The molecule has 114 valence electrons. The molecule has 2 atom stereocenters. The highest BCUT2D eigenvalue weighted by Gasteiger charge is 2.66. The normalized spacial score (nSPS) is 22.7. The van der Waals surface area contributed by atoms with Crippen molar-refractivity contribution in [3.8, 4) is 5.75 Å². The van der Waals surface area contributed by atoms with Crippen LogP contribution in [0, 0.1) is 24.2 Å². The lowest BCUT2D eigenvalue weighted by Gasteiger charge is -2.24. The van der Waals surface area contributed by atoms with Crippen molar-refractivity contribution in [1.82, 2.24) is 0 Å². The van der Waals surface area contributed by atoms with Crippen molar-refractivity contribution in [2.75, 3.05) is 11.4 Å². The van der Waals surface area contributed by atoms with Crippen LogP contribution in [0.15, 0.2) is 18.2 Å². The lowest BCUT2D eigenvalue weighted by molar-refractivity contribution is -0.140. The standard InChI is InChI=1S/C16H21NO4/c1-5-17(11-8-10(18)7-6-9(11)2)14(19)12-13(15(20)21)16(12,3)4/h6-8,12-13,18H,5H2,1-4H3,(H,20,21). The Labute approximate surface area is 124 Å². The third kappa shape index (κ3) is 2.48. The van der Waals surface area contributed by atoms with Crippen LogP contribution in [0.3, 0.4) is 0 Å². The SMILES string of the molecule is CCN(C(=O)C1C(C(=O)O)C1(C)C)c1cc(O)ccc1C. The van der Waals surface area contributed by atoms with Gasteiger partial charge in [0.1, 0.15) is 5.75 Å². The Hall–Kier alpha value is -2.04. The zero-order valence-corrected chi connectivity index (χ0v) is 12.8. The van der Waals surface area contributed by atoms with Gasteiger partial charge in [0.2, 0.25) is 5.91 Å². The topological polar surface area (TPSA) is 77.8 Å². The van der Waals surface area contributed by atoms with Gasteiger partial charge >= 0.3 is 5.97 Å². The first-order chi connectivity index (χ1) is 9.71. The van der Waals surface area contributed by atoms with E-state index in [9.17, 15) is 19.8 Å². The van der Waals surface area contributed by atoms with Crippen molar-refractivity contribution in [1.29, 1.82) is 0 Å². The summed E-state index contributed by atoms with van der Waals surface area (Å²) < 4.78 is 0. The number of nitrogens with zero attached hydrogens (tertiary/aromatic N) is 1. The minimum atomic E-state index is -0.929. The van der Waals surface area contributed by atoms with E-state index in [1.807, 2.05) is 13.8 Å². The molecule has 2 unspecified atom stereocenters. The Morgan fingerprint density at radius 3 is 2.38 bits per heavy atom. The van der Waals surface area contributed by atoms with Crippen molar-refractivity contribution in [3.63, 3.8) is 0 Å². The molecule has 0 saturated heterocycles. The van der Waals surface area contributed by atoms with E-state index in [4.69, 9.17) is 0 Å². The van der Waals surface area contributed by atoms with Crippen molar-refractivity contribution in [3.05, 3.63) is 23.8 Å². The maximum Gasteiger partial charge on any atom is 0.307 e. The van der Waals surface area contributed by atoms with Gasteiger partial charge in [-0.1, -0.05) is 19.9 Å². The number of hydrogen-bond donors (Lipinski definition) is 2.